The van der Waals surface area contributed by atoms with Crippen LogP contribution in [-0.2, 0) is 10.0 Å². The highest BCUT2D eigenvalue weighted by atomic mass is 32.2. The lowest BCUT2D eigenvalue weighted by molar-refractivity contribution is 0.169. The molecule has 2 amide bonds. The van der Waals surface area contributed by atoms with E-state index in [1.165, 1.54) is 10.6 Å². The van der Waals surface area contributed by atoms with Crippen LogP contribution in [0.4, 0.5) is 4.79 Å². The van der Waals surface area contributed by atoms with Crippen LogP contribution in [0.15, 0.2) is 0 Å². The lowest BCUT2D eigenvalue weighted by Crippen LogP contribution is -2.54. The molecule has 1 N–H and O–H groups in total. The van der Waals surface area contributed by atoms with Crippen molar-refractivity contribution >= 4 is 16.1 Å². The van der Waals surface area contributed by atoms with Gasteiger partial charge in [-0.25, -0.2) is 13.2 Å². The molecule has 1 fully saturated rings. The number of urea groups is 1. The number of piperazine rings is 1. The van der Waals surface area contributed by atoms with Gasteiger partial charge in [-0.05, 0) is 13.3 Å². The molecule has 1 heterocycles. The molecule has 0 aliphatic carbocycles. The molecule has 6 nitrogen and oxygen atoms in total. The van der Waals surface area contributed by atoms with Gasteiger partial charge in [-0.15, -0.1) is 0 Å². The minimum atomic E-state index is -3.13. The van der Waals surface area contributed by atoms with Crippen molar-refractivity contribution in [3.05, 3.63) is 0 Å². The lowest BCUT2D eigenvalue weighted by Gasteiger charge is -2.33. The molecule has 0 saturated carbocycles. The Morgan fingerprint density at radius 3 is 2.24 bits per heavy atom. The van der Waals surface area contributed by atoms with Crippen LogP contribution in [0, 0.1) is 0 Å². The van der Waals surface area contributed by atoms with Crippen molar-refractivity contribution in [2.24, 2.45) is 0 Å². The summed E-state index contributed by atoms with van der Waals surface area (Å²) in [6, 6.07) is 0.0444. The van der Waals surface area contributed by atoms with Crippen LogP contribution in [0.25, 0.3) is 0 Å². The maximum atomic E-state index is 11.8. The number of hydrogen-bond donors (Lipinski definition) is 1. The highest BCUT2D eigenvalue weighted by molar-refractivity contribution is 7.88. The Hall–Kier alpha value is -0.820. The van der Waals surface area contributed by atoms with Gasteiger partial charge in [-0.1, -0.05) is 6.92 Å². The second kappa shape index (κ2) is 5.68. The van der Waals surface area contributed by atoms with E-state index in [0.29, 0.717) is 26.2 Å². The van der Waals surface area contributed by atoms with Crippen LogP contribution in [0.5, 0.6) is 0 Å². The Morgan fingerprint density at radius 2 is 1.82 bits per heavy atom. The minimum Gasteiger partial charge on any atom is -0.336 e. The summed E-state index contributed by atoms with van der Waals surface area (Å²) < 4.78 is 24.0. The molecular formula is C10H21N3O3S. The first-order chi connectivity index (χ1) is 7.84. The van der Waals surface area contributed by atoms with Gasteiger partial charge >= 0.3 is 6.03 Å². The van der Waals surface area contributed by atoms with E-state index < -0.39 is 10.0 Å². The number of nitrogens with one attached hydrogen (secondary N) is 1. The van der Waals surface area contributed by atoms with Crippen molar-refractivity contribution in [2.45, 2.75) is 26.3 Å². The van der Waals surface area contributed by atoms with Gasteiger partial charge in [0.25, 0.3) is 0 Å². The quantitative estimate of drug-likeness (QED) is 0.783. The largest absolute Gasteiger partial charge is 0.336 e. The molecule has 0 aromatic heterocycles. The molecule has 1 atom stereocenters. The fraction of sp³-hybridized carbons (Fsp3) is 0.900. The van der Waals surface area contributed by atoms with E-state index in [-0.39, 0.29) is 12.1 Å². The fourth-order valence-corrected chi connectivity index (χ4v) is 2.45. The van der Waals surface area contributed by atoms with Crippen LogP contribution in [0.1, 0.15) is 20.3 Å². The summed E-state index contributed by atoms with van der Waals surface area (Å²) in [5, 5.41) is 2.87. The van der Waals surface area contributed by atoms with Crippen molar-refractivity contribution in [3.63, 3.8) is 0 Å². The van der Waals surface area contributed by atoms with E-state index in [1.807, 2.05) is 13.8 Å². The van der Waals surface area contributed by atoms with Gasteiger partial charge in [0.05, 0.1) is 6.26 Å². The molecule has 1 aliphatic rings. The maximum absolute atomic E-state index is 11.8. The fourth-order valence-electron chi connectivity index (χ4n) is 1.63. The van der Waals surface area contributed by atoms with Crippen LogP contribution in [-0.4, -0.2) is 62.1 Å². The molecular weight excluding hydrogens is 242 g/mol. The van der Waals surface area contributed by atoms with Crippen LogP contribution < -0.4 is 5.32 Å². The van der Waals surface area contributed by atoms with Gasteiger partial charge in [0.1, 0.15) is 0 Å². The Morgan fingerprint density at radius 1 is 1.29 bits per heavy atom. The zero-order valence-electron chi connectivity index (χ0n) is 10.6. The monoisotopic (exact) mass is 263 g/mol. The second-order valence-corrected chi connectivity index (χ2v) is 6.39. The van der Waals surface area contributed by atoms with E-state index >= 15 is 0 Å². The molecule has 1 rings (SSSR count). The first-order valence-corrected chi connectivity index (χ1v) is 7.70. The minimum absolute atomic E-state index is 0.104. The smallest absolute Gasteiger partial charge is 0.317 e. The van der Waals surface area contributed by atoms with Gasteiger partial charge < -0.3 is 10.2 Å². The molecule has 1 saturated heterocycles. The van der Waals surface area contributed by atoms with Crippen LogP contribution in [0.3, 0.4) is 0 Å². The molecule has 0 aromatic rings. The number of carbonyl (C=O) groups excluding carboxylic acids is 1. The summed E-state index contributed by atoms with van der Waals surface area (Å²) in [6.45, 7) is 5.63. The lowest BCUT2D eigenvalue weighted by atomic mass is 10.3. The molecule has 0 aromatic carbocycles. The number of amides is 2. The number of hydrogen-bond acceptors (Lipinski definition) is 3. The van der Waals surface area contributed by atoms with Gasteiger partial charge in [-0.3, -0.25) is 0 Å². The highest BCUT2D eigenvalue weighted by Gasteiger charge is 2.26. The normalized spacial score (nSPS) is 20.1. The highest BCUT2D eigenvalue weighted by Crippen LogP contribution is 2.06. The Labute approximate surface area is 103 Å². The predicted molar refractivity (Wildman–Crippen MR) is 66.3 cm³/mol. The first kappa shape index (κ1) is 14.2. The van der Waals surface area contributed by atoms with Crippen molar-refractivity contribution in [2.75, 3.05) is 32.4 Å². The average Bonchev–Trinajstić information content (AvgIpc) is 2.27. The zero-order valence-corrected chi connectivity index (χ0v) is 11.5. The molecule has 1 aliphatic heterocycles. The van der Waals surface area contributed by atoms with E-state index in [1.54, 1.807) is 4.90 Å². The molecule has 7 heteroatoms. The van der Waals surface area contributed by atoms with Crippen molar-refractivity contribution in [3.8, 4) is 0 Å². The average molecular weight is 263 g/mol. The Balaban J connectivity index is 2.44. The molecule has 0 radical (unpaired) electrons. The topological polar surface area (TPSA) is 69.7 Å². The van der Waals surface area contributed by atoms with Gasteiger partial charge in [0, 0.05) is 32.2 Å². The summed E-state index contributed by atoms with van der Waals surface area (Å²) in [4.78, 5) is 13.4. The van der Waals surface area contributed by atoms with E-state index in [4.69, 9.17) is 0 Å². The Bertz CT molecular complexity index is 361. The third-order valence-corrected chi connectivity index (χ3v) is 4.28. The molecule has 0 spiro atoms. The van der Waals surface area contributed by atoms with E-state index in [0.717, 1.165) is 6.42 Å². The number of rotatable bonds is 3. The first-order valence-electron chi connectivity index (χ1n) is 5.85. The summed E-state index contributed by atoms with van der Waals surface area (Å²) >= 11 is 0. The zero-order chi connectivity index (χ0) is 13.1. The molecule has 100 valence electrons. The van der Waals surface area contributed by atoms with E-state index in [2.05, 4.69) is 5.32 Å². The van der Waals surface area contributed by atoms with Crippen LogP contribution in [0.2, 0.25) is 0 Å². The summed E-state index contributed by atoms with van der Waals surface area (Å²) in [5.74, 6) is 0. The Kier molecular flexibility index (Phi) is 4.76. The number of sulfonamides is 1. The second-order valence-electron chi connectivity index (χ2n) is 4.41. The third-order valence-electron chi connectivity index (χ3n) is 2.98. The standard InChI is InChI=1S/C10H21N3O3S/c1-4-9(2)11-10(14)12-5-7-13(8-6-12)17(3,15)16/h9H,4-8H2,1-3H3,(H,11,14). The summed E-state index contributed by atoms with van der Waals surface area (Å²) in [5.41, 5.74) is 0. The van der Waals surface area contributed by atoms with Crippen molar-refractivity contribution in [1.82, 2.24) is 14.5 Å². The van der Waals surface area contributed by atoms with Crippen molar-refractivity contribution in [1.29, 1.82) is 0 Å². The SMILES string of the molecule is CCC(C)NC(=O)N1CCN(S(C)(=O)=O)CC1. The molecule has 1 unspecified atom stereocenters. The number of nitrogens with zero attached hydrogens (tertiary/aromatic N) is 2. The third kappa shape index (κ3) is 4.16. The van der Waals surface area contributed by atoms with Gasteiger partial charge in [-0.2, -0.15) is 4.31 Å². The number of carbonyl (C=O) groups is 1. The van der Waals surface area contributed by atoms with Crippen molar-refractivity contribution < 1.29 is 13.2 Å². The molecule has 17 heavy (non-hydrogen) atoms. The van der Waals surface area contributed by atoms with Crippen LogP contribution >= 0.6 is 0 Å². The maximum Gasteiger partial charge on any atom is 0.317 e. The van der Waals surface area contributed by atoms with Gasteiger partial charge in [0.2, 0.25) is 10.0 Å². The molecule has 0 bridgehead atoms. The summed E-state index contributed by atoms with van der Waals surface area (Å²) in [7, 11) is -3.13. The predicted octanol–water partition coefficient (Wildman–Crippen LogP) is 0.0717. The van der Waals surface area contributed by atoms with E-state index in [9.17, 15) is 13.2 Å². The van der Waals surface area contributed by atoms with Gasteiger partial charge in [0.15, 0.2) is 0 Å². The summed E-state index contributed by atoms with van der Waals surface area (Å²) in [6.07, 6.45) is 2.08.